The van der Waals surface area contributed by atoms with Crippen LogP contribution >= 0.6 is 11.6 Å². The Morgan fingerprint density at radius 2 is 2.22 bits per heavy atom. The molecule has 0 spiro atoms. The molecule has 0 aromatic heterocycles. The average Bonchev–Trinajstić information content (AvgIpc) is 2.52. The molecule has 0 amide bonds. The van der Waals surface area contributed by atoms with Crippen LogP contribution in [0.2, 0.25) is 5.02 Å². The number of nitrogens with one attached hydrogen (secondary N) is 1. The average molecular weight is 336 g/mol. The Morgan fingerprint density at radius 1 is 1.43 bits per heavy atom. The predicted molar refractivity (Wildman–Crippen MR) is 88.6 cm³/mol. The molecule has 0 fully saturated rings. The molecule has 0 radical (unpaired) electrons. The standard InChI is InChI=1S/C15H14ClN3O4/c1-2-23-14-7-10(6-13(16)15(14)20)9-17-18-11-4-3-5-12(8-11)19(21)22/h3-9,18,20H,2H2,1H3. The zero-order valence-electron chi connectivity index (χ0n) is 12.2. The van der Waals surface area contributed by atoms with Gasteiger partial charge in [-0.1, -0.05) is 17.7 Å². The summed E-state index contributed by atoms with van der Waals surface area (Å²) in [6, 6.07) is 9.08. The molecule has 0 aliphatic heterocycles. The molecular formula is C15H14ClN3O4. The van der Waals surface area contributed by atoms with Gasteiger partial charge < -0.3 is 9.84 Å². The molecule has 0 saturated carbocycles. The van der Waals surface area contributed by atoms with E-state index in [4.69, 9.17) is 16.3 Å². The molecule has 0 aliphatic carbocycles. The second-order valence-electron chi connectivity index (χ2n) is 4.46. The molecular weight excluding hydrogens is 322 g/mol. The van der Waals surface area contributed by atoms with Gasteiger partial charge >= 0.3 is 0 Å². The summed E-state index contributed by atoms with van der Waals surface area (Å²) in [5, 5.41) is 24.6. The number of aromatic hydroxyl groups is 1. The van der Waals surface area contributed by atoms with Gasteiger partial charge in [-0.05, 0) is 30.7 Å². The van der Waals surface area contributed by atoms with Crippen molar-refractivity contribution in [2.45, 2.75) is 6.92 Å². The fourth-order valence-corrected chi connectivity index (χ4v) is 2.02. The minimum absolute atomic E-state index is 0.0310. The SMILES string of the molecule is CCOc1cc(C=NNc2cccc([N+](=O)[O-])c2)cc(Cl)c1O. The van der Waals surface area contributed by atoms with Crippen molar-refractivity contribution in [2.75, 3.05) is 12.0 Å². The number of non-ortho nitro benzene ring substituents is 1. The van der Waals surface area contributed by atoms with E-state index in [1.54, 1.807) is 25.1 Å². The Labute approximate surface area is 137 Å². The Kier molecular flexibility index (Phi) is 5.37. The minimum atomic E-state index is -0.483. The molecule has 0 saturated heterocycles. The summed E-state index contributed by atoms with van der Waals surface area (Å²) in [6.45, 7) is 2.17. The van der Waals surface area contributed by atoms with E-state index in [9.17, 15) is 15.2 Å². The zero-order valence-corrected chi connectivity index (χ0v) is 12.9. The topological polar surface area (TPSA) is 97.0 Å². The summed E-state index contributed by atoms with van der Waals surface area (Å²) in [5.41, 5.74) is 3.74. The van der Waals surface area contributed by atoms with Gasteiger partial charge in [-0.15, -0.1) is 0 Å². The molecule has 0 atom stereocenters. The number of halogens is 1. The lowest BCUT2D eigenvalue weighted by atomic mass is 10.2. The smallest absolute Gasteiger partial charge is 0.271 e. The van der Waals surface area contributed by atoms with E-state index in [2.05, 4.69) is 10.5 Å². The van der Waals surface area contributed by atoms with Crippen LogP contribution in [0.15, 0.2) is 41.5 Å². The van der Waals surface area contributed by atoms with E-state index in [1.807, 2.05) is 0 Å². The monoisotopic (exact) mass is 335 g/mol. The molecule has 2 N–H and O–H groups in total. The highest BCUT2D eigenvalue weighted by Crippen LogP contribution is 2.34. The molecule has 7 nitrogen and oxygen atoms in total. The number of rotatable bonds is 6. The van der Waals surface area contributed by atoms with Crippen LogP contribution < -0.4 is 10.2 Å². The van der Waals surface area contributed by atoms with Crippen molar-refractivity contribution >= 4 is 29.2 Å². The number of anilines is 1. The number of hydrogen-bond donors (Lipinski definition) is 2. The maximum absolute atomic E-state index is 10.7. The number of phenolic OH excluding ortho intramolecular Hbond substituents is 1. The molecule has 0 aliphatic rings. The predicted octanol–water partition coefficient (Wildman–Crippen LogP) is 3.80. The number of hydrazone groups is 1. The molecule has 2 rings (SSSR count). The lowest BCUT2D eigenvalue weighted by Gasteiger charge is -2.08. The van der Waals surface area contributed by atoms with Crippen LogP contribution in [-0.2, 0) is 0 Å². The summed E-state index contributed by atoms with van der Waals surface area (Å²) in [6.07, 6.45) is 1.46. The number of hydrogen-bond acceptors (Lipinski definition) is 6. The van der Waals surface area contributed by atoms with Crippen molar-refractivity contribution < 1.29 is 14.8 Å². The van der Waals surface area contributed by atoms with Gasteiger partial charge in [0, 0.05) is 12.1 Å². The normalized spacial score (nSPS) is 10.7. The quantitative estimate of drug-likeness (QED) is 0.475. The van der Waals surface area contributed by atoms with E-state index in [1.165, 1.54) is 24.4 Å². The summed E-state index contributed by atoms with van der Waals surface area (Å²) in [4.78, 5) is 10.2. The van der Waals surface area contributed by atoms with E-state index in [-0.39, 0.29) is 22.2 Å². The fourth-order valence-electron chi connectivity index (χ4n) is 1.80. The van der Waals surface area contributed by atoms with Crippen LogP contribution in [0.25, 0.3) is 0 Å². The van der Waals surface area contributed by atoms with E-state index in [0.717, 1.165) is 0 Å². The lowest BCUT2D eigenvalue weighted by Crippen LogP contribution is -1.95. The van der Waals surface area contributed by atoms with Crippen molar-refractivity contribution in [2.24, 2.45) is 5.10 Å². The maximum atomic E-state index is 10.7. The Balaban J connectivity index is 2.14. The molecule has 120 valence electrons. The Hall–Kier alpha value is -2.80. The molecule has 0 bridgehead atoms. The first-order valence-electron chi connectivity index (χ1n) is 6.70. The highest BCUT2D eigenvalue weighted by atomic mass is 35.5. The lowest BCUT2D eigenvalue weighted by molar-refractivity contribution is -0.384. The van der Waals surface area contributed by atoms with Gasteiger partial charge in [0.1, 0.15) is 0 Å². The first kappa shape index (κ1) is 16.6. The van der Waals surface area contributed by atoms with Crippen LogP contribution in [0.5, 0.6) is 11.5 Å². The summed E-state index contributed by atoms with van der Waals surface area (Å²) >= 11 is 5.92. The number of nitro benzene ring substituents is 1. The van der Waals surface area contributed by atoms with Crippen molar-refractivity contribution in [3.05, 3.63) is 57.1 Å². The van der Waals surface area contributed by atoms with Gasteiger partial charge in [-0.2, -0.15) is 5.10 Å². The summed E-state index contributed by atoms with van der Waals surface area (Å²) < 4.78 is 5.27. The molecule has 23 heavy (non-hydrogen) atoms. The first-order chi connectivity index (χ1) is 11.0. The van der Waals surface area contributed by atoms with Crippen LogP contribution in [0, 0.1) is 10.1 Å². The van der Waals surface area contributed by atoms with Crippen molar-refractivity contribution in [1.82, 2.24) is 0 Å². The van der Waals surface area contributed by atoms with Gasteiger partial charge in [0.05, 0.1) is 28.5 Å². The molecule has 0 heterocycles. The van der Waals surface area contributed by atoms with Gasteiger partial charge in [-0.3, -0.25) is 15.5 Å². The van der Waals surface area contributed by atoms with E-state index >= 15 is 0 Å². The van der Waals surface area contributed by atoms with Crippen LogP contribution in [-0.4, -0.2) is 22.9 Å². The third kappa shape index (κ3) is 4.33. The third-order valence-corrected chi connectivity index (χ3v) is 3.10. The molecule has 0 unspecified atom stereocenters. The molecule has 2 aromatic carbocycles. The Bertz CT molecular complexity index is 749. The van der Waals surface area contributed by atoms with Gasteiger partial charge in [0.15, 0.2) is 11.5 Å². The maximum Gasteiger partial charge on any atom is 0.271 e. The highest BCUT2D eigenvalue weighted by molar-refractivity contribution is 6.32. The van der Waals surface area contributed by atoms with Crippen LogP contribution in [0.1, 0.15) is 12.5 Å². The van der Waals surface area contributed by atoms with Gasteiger partial charge in [-0.25, -0.2) is 0 Å². The Morgan fingerprint density at radius 3 is 2.91 bits per heavy atom. The van der Waals surface area contributed by atoms with Crippen LogP contribution in [0.3, 0.4) is 0 Å². The molecule has 8 heteroatoms. The van der Waals surface area contributed by atoms with E-state index < -0.39 is 4.92 Å². The van der Waals surface area contributed by atoms with Crippen molar-refractivity contribution in [1.29, 1.82) is 0 Å². The second-order valence-corrected chi connectivity index (χ2v) is 4.87. The number of ether oxygens (including phenoxy) is 1. The van der Waals surface area contributed by atoms with E-state index in [0.29, 0.717) is 17.9 Å². The first-order valence-corrected chi connectivity index (χ1v) is 7.08. The minimum Gasteiger partial charge on any atom is -0.503 e. The largest absolute Gasteiger partial charge is 0.503 e. The van der Waals surface area contributed by atoms with Crippen molar-refractivity contribution in [3.8, 4) is 11.5 Å². The van der Waals surface area contributed by atoms with Gasteiger partial charge in [0.25, 0.3) is 5.69 Å². The second kappa shape index (κ2) is 7.46. The zero-order chi connectivity index (χ0) is 16.8. The van der Waals surface area contributed by atoms with Gasteiger partial charge in [0.2, 0.25) is 0 Å². The summed E-state index contributed by atoms with van der Waals surface area (Å²) in [5.74, 6) is 0.133. The number of benzene rings is 2. The highest BCUT2D eigenvalue weighted by Gasteiger charge is 2.09. The van der Waals surface area contributed by atoms with Crippen LogP contribution in [0.4, 0.5) is 11.4 Å². The fraction of sp³-hybridized carbons (Fsp3) is 0.133. The third-order valence-electron chi connectivity index (χ3n) is 2.81. The molecule has 2 aromatic rings. The number of nitrogens with zero attached hydrogens (tertiary/aromatic N) is 2. The number of phenols is 1. The summed E-state index contributed by atoms with van der Waals surface area (Å²) in [7, 11) is 0. The van der Waals surface area contributed by atoms with Crippen molar-refractivity contribution in [3.63, 3.8) is 0 Å². The number of nitro groups is 1.